The molecule has 1 aromatic carbocycles. The highest BCUT2D eigenvalue weighted by atomic mass is 32.2. The standard InChI is InChI=1S/C20H16N6OS/c27-20(25-17-5-8-19(23-11-17)26-14-22-13-24-26)16-3-6-18(7-4-16)28-12-15-2-1-9-21-10-15/h1-11,13-14H,12H2,(H,25,27). The van der Waals surface area contributed by atoms with E-state index in [-0.39, 0.29) is 5.91 Å². The summed E-state index contributed by atoms with van der Waals surface area (Å²) < 4.78 is 1.55. The predicted octanol–water partition coefficient (Wildman–Crippen LogP) is 3.60. The summed E-state index contributed by atoms with van der Waals surface area (Å²) in [6.07, 6.45) is 8.22. The summed E-state index contributed by atoms with van der Waals surface area (Å²) in [5, 5.41) is 6.86. The quantitative estimate of drug-likeness (QED) is 0.508. The van der Waals surface area contributed by atoms with Crippen molar-refractivity contribution in [3.8, 4) is 5.82 Å². The van der Waals surface area contributed by atoms with Gasteiger partial charge in [0.15, 0.2) is 5.82 Å². The normalized spacial score (nSPS) is 10.6. The van der Waals surface area contributed by atoms with Crippen LogP contribution in [0.1, 0.15) is 15.9 Å². The van der Waals surface area contributed by atoms with Gasteiger partial charge in [0.2, 0.25) is 0 Å². The summed E-state index contributed by atoms with van der Waals surface area (Å²) in [6.45, 7) is 0. The average molecular weight is 388 g/mol. The molecule has 3 aromatic heterocycles. The van der Waals surface area contributed by atoms with Crippen molar-refractivity contribution in [2.45, 2.75) is 10.6 Å². The molecule has 0 fully saturated rings. The van der Waals surface area contributed by atoms with Gasteiger partial charge < -0.3 is 5.32 Å². The van der Waals surface area contributed by atoms with Crippen LogP contribution in [0.15, 0.2) is 84.7 Å². The van der Waals surface area contributed by atoms with Gasteiger partial charge in [-0.15, -0.1) is 11.8 Å². The van der Waals surface area contributed by atoms with Crippen molar-refractivity contribution in [3.05, 3.63) is 90.9 Å². The smallest absolute Gasteiger partial charge is 0.255 e. The first-order chi connectivity index (χ1) is 13.8. The van der Waals surface area contributed by atoms with Gasteiger partial charge in [-0.3, -0.25) is 9.78 Å². The van der Waals surface area contributed by atoms with Gasteiger partial charge in [-0.2, -0.15) is 5.10 Å². The molecule has 0 aliphatic rings. The second kappa shape index (κ2) is 8.45. The Labute approximate surface area is 165 Å². The number of carbonyl (C=O) groups excluding carboxylic acids is 1. The molecule has 0 spiro atoms. The molecule has 0 aliphatic heterocycles. The third-order valence-electron chi connectivity index (χ3n) is 3.90. The summed E-state index contributed by atoms with van der Waals surface area (Å²) in [5.74, 6) is 1.29. The van der Waals surface area contributed by atoms with Crippen LogP contribution in [0.5, 0.6) is 0 Å². The number of benzene rings is 1. The fourth-order valence-corrected chi connectivity index (χ4v) is 3.31. The van der Waals surface area contributed by atoms with Crippen molar-refractivity contribution in [3.63, 3.8) is 0 Å². The van der Waals surface area contributed by atoms with E-state index in [1.807, 2.05) is 42.6 Å². The summed E-state index contributed by atoms with van der Waals surface area (Å²) in [6, 6.07) is 15.0. The fraction of sp³-hybridized carbons (Fsp3) is 0.0500. The van der Waals surface area contributed by atoms with Crippen LogP contribution < -0.4 is 5.32 Å². The molecule has 0 unspecified atom stereocenters. The molecule has 0 aliphatic carbocycles. The minimum absolute atomic E-state index is 0.181. The maximum Gasteiger partial charge on any atom is 0.255 e. The van der Waals surface area contributed by atoms with E-state index >= 15 is 0 Å². The lowest BCUT2D eigenvalue weighted by Crippen LogP contribution is -2.12. The Kier molecular flexibility index (Phi) is 5.39. The third kappa shape index (κ3) is 4.41. The Morgan fingerprint density at radius 3 is 2.61 bits per heavy atom. The Balaban J connectivity index is 1.35. The Morgan fingerprint density at radius 2 is 1.93 bits per heavy atom. The number of hydrogen-bond donors (Lipinski definition) is 1. The van der Waals surface area contributed by atoms with E-state index in [9.17, 15) is 4.79 Å². The summed E-state index contributed by atoms with van der Waals surface area (Å²) in [7, 11) is 0. The van der Waals surface area contributed by atoms with Crippen molar-refractivity contribution in [2.75, 3.05) is 5.32 Å². The predicted molar refractivity (Wildman–Crippen MR) is 107 cm³/mol. The van der Waals surface area contributed by atoms with Crippen LogP contribution in [-0.2, 0) is 5.75 Å². The van der Waals surface area contributed by atoms with E-state index in [0.29, 0.717) is 17.1 Å². The van der Waals surface area contributed by atoms with Crippen LogP contribution in [0.25, 0.3) is 5.82 Å². The molecule has 0 saturated heterocycles. The summed E-state index contributed by atoms with van der Waals surface area (Å²) in [4.78, 5) is 25.8. The lowest BCUT2D eigenvalue weighted by molar-refractivity contribution is 0.102. The zero-order valence-corrected chi connectivity index (χ0v) is 15.6. The zero-order valence-electron chi connectivity index (χ0n) is 14.8. The number of hydrogen-bond acceptors (Lipinski definition) is 6. The number of carbonyl (C=O) groups is 1. The SMILES string of the molecule is O=C(Nc1ccc(-n2cncn2)nc1)c1ccc(SCc2cccnc2)cc1. The lowest BCUT2D eigenvalue weighted by atomic mass is 10.2. The topological polar surface area (TPSA) is 85.6 Å². The Morgan fingerprint density at radius 1 is 1.04 bits per heavy atom. The Bertz CT molecular complexity index is 1030. The van der Waals surface area contributed by atoms with Gasteiger partial charge in [0.05, 0.1) is 11.9 Å². The number of thioether (sulfide) groups is 1. The lowest BCUT2D eigenvalue weighted by Gasteiger charge is -2.07. The first-order valence-corrected chi connectivity index (χ1v) is 9.51. The molecule has 138 valence electrons. The number of aromatic nitrogens is 5. The van der Waals surface area contributed by atoms with Crippen LogP contribution in [0, 0.1) is 0 Å². The third-order valence-corrected chi connectivity index (χ3v) is 4.99. The van der Waals surface area contributed by atoms with Gasteiger partial charge in [-0.1, -0.05) is 6.07 Å². The van der Waals surface area contributed by atoms with Crippen molar-refractivity contribution < 1.29 is 4.79 Å². The first-order valence-electron chi connectivity index (χ1n) is 8.52. The number of pyridine rings is 2. The van der Waals surface area contributed by atoms with Crippen molar-refractivity contribution in [2.24, 2.45) is 0 Å². The van der Waals surface area contributed by atoms with E-state index in [0.717, 1.165) is 16.2 Å². The second-order valence-corrected chi connectivity index (χ2v) is 6.92. The molecule has 8 heteroatoms. The molecule has 3 heterocycles. The van der Waals surface area contributed by atoms with E-state index in [1.54, 1.807) is 47.3 Å². The van der Waals surface area contributed by atoms with Gasteiger partial charge >= 0.3 is 0 Å². The number of anilines is 1. The van der Waals surface area contributed by atoms with Crippen LogP contribution in [0.4, 0.5) is 5.69 Å². The van der Waals surface area contributed by atoms with Gasteiger partial charge in [0.25, 0.3) is 5.91 Å². The molecule has 28 heavy (non-hydrogen) atoms. The van der Waals surface area contributed by atoms with E-state index in [4.69, 9.17) is 0 Å². The maximum atomic E-state index is 12.4. The molecule has 0 bridgehead atoms. The molecular weight excluding hydrogens is 372 g/mol. The highest BCUT2D eigenvalue weighted by molar-refractivity contribution is 7.98. The maximum absolute atomic E-state index is 12.4. The van der Waals surface area contributed by atoms with Gasteiger partial charge in [-0.25, -0.2) is 14.6 Å². The molecule has 1 amide bonds. The molecular formula is C20H16N6OS. The van der Waals surface area contributed by atoms with E-state index in [1.165, 1.54) is 6.33 Å². The van der Waals surface area contributed by atoms with Crippen LogP contribution in [0.2, 0.25) is 0 Å². The van der Waals surface area contributed by atoms with Crippen LogP contribution in [0.3, 0.4) is 0 Å². The molecule has 0 radical (unpaired) electrons. The molecule has 4 rings (SSSR count). The van der Waals surface area contributed by atoms with Crippen molar-refractivity contribution >= 4 is 23.4 Å². The van der Waals surface area contributed by atoms with Crippen LogP contribution in [-0.4, -0.2) is 30.6 Å². The second-order valence-electron chi connectivity index (χ2n) is 5.87. The van der Waals surface area contributed by atoms with Crippen molar-refractivity contribution in [1.82, 2.24) is 24.7 Å². The molecule has 1 N–H and O–H groups in total. The van der Waals surface area contributed by atoms with Crippen LogP contribution >= 0.6 is 11.8 Å². The van der Waals surface area contributed by atoms with E-state index in [2.05, 4.69) is 25.4 Å². The summed E-state index contributed by atoms with van der Waals surface area (Å²) in [5.41, 5.74) is 2.37. The fourth-order valence-electron chi connectivity index (χ4n) is 2.48. The highest BCUT2D eigenvalue weighted by Gasteiger charge is 2.07. The largest absolute Gasteiger partial charge is 0.321 e. The number of nitrogens with zero attached hydrogens (tertiary/aromatic N) is 5. The minimum Gasteiger partial charge on any atom is -0.321 e. The first kappa shape index (κ1) is 17.9. The zero-order chi connectivity index (χ0) is 19.2. The highest BCUT2D eigenvalue weighted by Crippen LogP contribution is 2.23. The number of amides is 1. The number of rotatable bonds is 6. The van der Waals surface area contributed by atoms with Gasteiger partial charge in [0, 0.05) is 28.6 Å². The monoisotopic (exact) mass is 388 g/mol. The molecule has 0 saturated carbocycles. The molecule has 7 nitrogen and oxygen atoms in total. The van der Waals surface area contributed by atoms with Gasteiger partial charge in [-0.05, 0) is 48.0 Å². The summed E-state index contributed by atoms with van der Waals surface area (Å²) >= 11 is 1.70. The number of nitrogens with one attached hydrogen (secondary N) is 1. The molecule has 0 atom stereocenters. The van der Waals surface area contributed by atoms with E-state index < -0.39 is 0 Å². The van der Waals surface area contributed by atoms with Crippen molar-refractivity contribution in [1.29, 1.82) is 0 Å². The minimum atomic E-state index is -0.181. The Hall–Kier alpha value is -3.52. The van der Waals surface area contributed by atoms with Gasteiger partial charge in [0.1, 0.15) is 12.7 Å². The average Bonchev–Trinajstić information content (AvgIpc) is 3.29. The molecule has 4 aromatic rings.